The summed E-state index contributed by atoms with van der Waals surface area (Å²) < 4.78 is 0. The Hall–Kier alpha value is -1.00. The van der Waals surface area contributed by atoms with Crippen LogP contribution >= 0.6 is 11.8 Å². The topological polar surface area (TPSA) is 41.1 Å². The van der Waals surface area contributed by atoms with Gasteiger partial charge in [0.1, 0.15) is 0 Å². The highest BCUT2D eigenvalue weighted by Crippen LogP contribution is 2.29. The summed E-state index contributed by atoms with van der Waals surface area (Å²) in [6, 6.07) is 8.81. The lowest BCUT2D eigenvalue weighted by molar-refractivity contribution is -0.120. The van der Waals surface area contributed by atoms with Gasteiger partial charge >= 0.3 is 0 Å². The molecule has 1 aromatic carbocycles. The van der Waals surface area contributed by atoms with Crippen LogP contribution in [0.3, 0.4) is 0 Å². The van der Waals surface area contributed by atoms with Crippen LogP contribution in [0, 0.1) is 0 Å². The Morgan fingerprint density at radius 3 is 3.05 bits per heavy atom. The van der Waals surface area contributed by atoms with E-state index in [0.717, 1.165) is 25.8 Å². The summed E-state index contributed by atoms with van der Waals surface area (Å²) in [6.07, 6.45) is 3.20. The predicted octanol–water partition coefficient (Wildman–Crippen LogP) is 2.73. The molecule has 4 heteroatoms. The summed E-state index contributed by atoms with van der Waals surface area (Å²) in [7, 11) is 1.96. The SMILES string of the molecule is CNC(C)c1cccc(SC2CCCCNC2=O)c1. The molecular formula is C15H22N2OS. The Bertz CT molecular complexity index is 436. The fourth-order valence-corrected chi connectivity index (χ4v) is 3.38. The second kappa shape index (κ2) is 6.96. The predicted molar refractivity (Wildman–Crippen MR) is 80.4 cm³/mol. The van der Waals surface area contributed by atoms with E-state index < -0.39 is 0 Å². The van der Waals surface area contributed by atoms with E-state index in [4.69, 9.17) is 0 Å². The van der Waals surface area contributed by atoms with Gasteiger partial charge in [-0.2, -0.15) is 0 Å². The third-order valence-corrected chi connectivity index (χ3v) is 4.81. The van der Waals surface area contributed by atoms with Crippen molar-refractivity contribution in [3.05, 3.63) is 29.8 Å². The number of thioether (sulfide) groups is 1. The van der Waals surface area contributed by atoms with Crippen LogP contribution in [0.25, 0.3) is 0 Å². The van der Waals surface area contributed by atoms with Crippen molar-refractivity contribution in [3.63, 3.8) is 0 Å². The maximum atomic E-state index is 11.9. The van der Waals surface area contributed by atoms with Crippen molar-refractivity contribution in [2.75, 3.05) is 13.6 Å². The molecule has 0 bridgehead atoms. The van der Waals surface area contributed by atoms with E-state index in [1.54, 1.807) is 11.8 Å². The van der Waals surface area contributed by atoms with Gasteiger partial charge in [-0.1, -0.05) is 18.6 Å². The highest BCUT2D eigenvalue weighted by atomic mass is 32.2. The van der Waals surface area contributed by atoms with Crippen LogP contribution in [0.1, 0.15) is 37.8 Å². The maximum Gasteiger partial charge on any atom is 0.233 e. The van der Waals surface area contributed by atoms with E-state index in [2.05, 4.69) is 41.8 Å². The summed E-state index contributed by atoms with van der Waals surface area (Å²) in [5.74, 6) is 0.189. The molecule has 1 aromatic rings. The van der Waals surface area contributed by atoms with Crippen LogP contribution < -0.4 is 10.6 Å². The first-order valence-corrected chi connectivity index (χ1v) is 7.80. The van der Waals surface area contributed by atoms with Gasteiger partial charge in [0.05, 0.1) is 5.25 Å². The van der Waals surface area contributed by atoms with Gasteiger partial charge < -0.3 is 10.6 Å². The molecule has 1 aliphatic heterocycles. The standard InChI is InChI=1S/C15H22N2OS/c1-11(16-2)12-6-5-7-13(10-12)19-14-8-3-4-9-17-15(14)18/h5-7,10-11,14,16H,3-4,8-9H2,1-2H3,(H,17,18). The number of hydrogen-bond acceptors (Lipinski definition) is 3. The molecule has 0 radical (unpaired) electrons. The van der Waals surface area contributed by atoms with Crippen LogP contribution in [-0.2, 0) is 4.79 Å². The largest absolute Gasteiger partial charge is 0.355 e. The maximum absolute atomic E-state index is 11.9. The molecule has 2 rings (SSSR count). The van der Waals surface area contributed by atoms with Gasteiger partial charge in [0.2, 0.25) is 5.91 Å². The highest BCUT2D eigenvalue weighted by molar-refractivity contribution is 8.00. The fourth-order valence-electron chi connectivity index (χ4n) is 2.21. The van der Waals surface area contributed by atoms with Gasteiger partial charge in [0.15, 0.2) is 0 Å². The molecule has 2 atom stereocenters. The van der Waals surface area contributed by atoms with Crippen LogP contribution in [0.4, 0.5) is 0 Å². The Labute approximate surface area is 119 Å². The molecule has 1 amide bonds. The van der Waals surface area contributed by atoms with Crippen LogP contribution in [0.15, 0.2) is 29.2 Å². The Balaban J connectivity index is 2.07. The molecule has 1 heterocycles. The molecule has 104 valence electrons. The molecule has 0 aromatic heterocycles. The fraction of sp³-hybridized carbons (Fsp3) is 0.533. The summed E-state index contributed by atoms with van der Waals surface area (Å²) in [4.78, 5) is 13.1. The van der Waals surface area contributed by atoms with Crippen molar-refractivity contribution >= 4 is 17.7 Å². The number of rotatable bonds is 4. The zero-order chi connectivity index (χ0) is 13.7. The second-order valence-corrected chi connectivity index (χ2v) is 6.25. The molecule has 2 unspecified atom stereocenters. The van der Waals surface area contributed by atoms with Gasteiger partial charge in [0.25, 0.3) is 0 Å². The minimum Gasteiger partial charge on any atom is -0.355 e. The lowest BCUT2D eigenvalue weighted by atomic mass is 10.1. The number of hydrogen-bond donors (Lipinski definition) is 2. The lowest BCUT2D eigenvalue weighted by Crippen LogP contribution is -2.30. The minimum absolute atomic E-state index is 0.0580. The zero-order valence-electron chi connectivity index (χ0n) is 11.6. The second-order valence-electron chi connectivity index (χ2n) is 4.98. The molecule has 19 heavy (non-hydrogen) atoms. The lowest BCUT2D eigenvalue weighted by Gasteiger charge is -2.15. The smallest absolute Gasteiger partial charge is 0.233 e. The number of nitrogens with one attached hydrogen (secondary N) is 2. The summed E-state index contributed by atoms with van der Waals surface area (Å²) in [5, 5.41) is 6.29. The number of carbonyl (C=O) groups is 1. The molecule has 1 saturated heterocycles. The third kappa shape index (κ3) is 3.98. The summed E-state index contributed by atoms with van der Waals surface area (Å²) >= 11 is 1.69. The average Bonchev–Trinajstić information content (AvgIpc) is 2.64. The van der Waals surface area contributed by atoms with Crippen LogP contribution in [-0.4, -0.2) is 24.7 Å². The number of carbonyl (C=O) groups excluding carboxylic acids is 1. The van der Waals surface area contributed by atoms with E-state index in [0.29, 0.717) is 6.04 Å². The quantitative estimate of drug-likeness (QED) is 0.890. The molecule has 3 nitrogen and oxygen atoms in total. The van der Waals surface area contributed by atoms with E-state index in [-0.39, 0.29) is 11.2 Å². The van der Waals surface area contributed by atoms with Crippen molar-refractivity contribution in [1.82, 2.24) is 10.6 Å². The Kier molecular flexibility index (Phi) is 5.28. The molecule has 0 aliphatic carbocycles. The summed E-state index contributed by atoms with van der Waals surface area (Å²) in [6.45, 7) is 2.97. The van der Waals surface area contributed by atoms with Gasteiger partial charge in [-0.3, -0.25) is 4.79 Å². The van der Waals surface area contributed by atoms with Crippen molar-refractivity contribution in [2.24, 2.45) is 0 Å². The molecule has 0 spiro atoms. The molecular weight excluding hydrogens is 256 g/mol. The van der Waals surface area contributed by atoms with Gasteiger partial charge in [-0.15, -0.1) is 11.8 Å². The normalized spacial score (nSPS) is 21.6. The number of benzene rings is 1. The van der Waals surface area contributed by atoms with E-state index in [1.807, 2.05) is 7.05 Å². The highest BCUT2D eigenvalue weighted by Gasteiger charge is 2.21. The van der Waals surface area contributed by atoms with Crippen LogP contribution in [0.2, 0.25) is 0 Å². The minimum atomic E-state index is 0.0580. The van der Waals surface area contributed by atoms with Gasteiger partial charge in [-0.25, -0.2) is 0 Å². The molecule has 2 N–H and O–H groups in total. The monoisotopic (exact) mass is 278 g/mol. The zero-order valence-corrected chi connectivity index (χ0v) is 12.4. The first-order valence-electron chi connectivity index (χ1n) is 6.92. The van der Waals surface area contributed by atoms with E-state index >= 15 is 0 Å². The first kappa shape index (κ1) is 14.4. The average molecular weight is 278 g/mol. The Morgan fingerprint density at radius 2 is 2.26 bits per heavy atom. The van der Waals surface area contributed by atoms with E-state index in [1.165, 1.54) is 10.5 Å². The first-order chi connectivity index (χ1) is 9.20. The number of amides is 1. The van der Waals surface area contributed by atoms with Gasteiger partial charge in [-0.05, 0) is 44.5 Å². The molecule has 0 saturated carbocycles. The van der Waals surface area contributed by atoms with Crippen molar-refractivity contribution in [2.45, 2.75) is 42.4 Å². The molecule has 1 aliphatic rings. The van der Waals surface area contributed by atoms with Crippen molar-refractivity contribution in [1.29, 1.82) is 0 Å². The van der Waals surface area contributed by atoms with Crippen molar-refractivity contribution in [3.8, 4) is 0 Å². The van der Waals surface area contributed by atoms with E-state index in [9.17, 15) is 4.79 Å². The van der Waals surface area contributed by atoms with Crippen LogP contribution in [0.5, 0.6) is 0 Å². The summed E-state index contributed by atoms with van der Waals surface area (Å²) in [5.41, 5.74) is 1.27. The third-order valence-electron chi connectivity index (χ3n) is 3.55. The Morgan fingerprint density at radius 1 is 1.42 bits per heavy atom. The van der Waals surface area contributed by atoms with Crippen molar-refractivity contribution < 1.29 is 4.79 Å². The molecule has 1 fully saturated rings. The van der Waals surface area contributed by atoms with Gasteiger partial charge in [0, 0.05) is 17.5 Å².